The van der Waals surface area contributed by atoms with Gasteiger partial charge in [0.2, 0.25) is 0 Å². The molecule has 0 aromatic heterocycles. The molecular weight excluding hydrogens is 166 g/mol. The predicted molar refractivity (Wildman–Crippen MR) is 53.6 cm³/mol. The van der Waals surface area contributed by atoms with Gasteiger partial charge in [-0.1, -0.05) is 0 Å². The van der Waals surface area contributed by atoms with E-state index in [1.54, 1.807) is 0 Å². The number of likely N-dealkylation sites (tertiary alicyclic amines) is 1. The van der Waals surface area contributed by atoms with Gasteiger partial charge in [-0.2, -0.15) is 0 Å². The van der Waals surface area contributed by atoms with Gasteiger partial charge in [0.15, 0.2) is 0 Å². The highest BCUT2D eigenvalue weighted by atomic mass is 16.3. The van der Waals surface area contributed by atoms with Crippen molar-refractivity contribution in [2.75, 3.05) is 40.3 Å². The Kier molecular flexibility index (Phi) is 4.12. The first-order valence-corrected chi connectivity index (χ1v) is 4.88. The van der Waals surface area contributed by atoms with Crippen LogP contribution in [-0.2, 0) is 0 Å². The van der Waals surface area contributed by atoms with Gasteiger partial charge in [0.05, 0.1) is 6.61 Å². The normalized spacial score (nSPS) is 27.0. The van der Waals surface area contributed by atoms with E-state index in [1.165, 1.54) is 6.42 Å². The van der Waals surface area contributed by atoms with Crippen molar-refractivity contribution >= 4 is 0 Å². The molecule has 1 aliphatic heterocycles. The van der Waals surface area contributed by atoms with E-state index in [1.807, 2.05) is 0 Å². The SMILES string of the molecule is CN(C)C1CCN(CC(N)CO)C1. The van der Waals surface area contributed by atoms with Gasteiger partial charge in [0.25, 0.3) is 0 Å². The maximum atomic E-state index is 8.81. The van der Waals surface area contributed by atoms with Crippen LogP contribution in [-0.4, -0.2) is 67.3 Å². The largest absolute Gasteiger partial charge is 0.395 e. The van der Waals surface area contributed by atoms with Crippen LogP contribution in [0.15, 0.2) is 0 Å². The molecule has 0 aromatic rings. The fourth-order valence-corrected chi connectivity index (χ4v) is 1.79. The Morgan fingerprint density at radius 2 is 2.31 bits per heavy atom. The third-order valence-electron chi connectivity index (χ3n) is 2.71. The molecule has 0 bridgehead atoms. The second-order valence-electron chi connectivity index (χ2n) is 4.11. The fraction of sp³-hybridized carbons (Fsp3) is 1.00. The number of hydrogen-bond acceptors (Lipinski definition) is 4. The van der Waals surface area contributed by atoms with Crippen molar-refractivity contribution in [1.29, 1.82) is 0 Å². The highest BCUT2D eigenvalue weighted by Gasteiger charge is 2.24. The number of rotatable bonds is 4. The number of nitrogens with zero attached hydrogens (tertiary/aromatic N) is 2. The average Bonchev–Trinajstić information content (AvgIpc) is 2.52. The highest BCUT2D eigenvalue weighted by Crippen LogP contribution is 2.12. The van der Waals surface area contributed by atoms with Crippen LogP contribution in [0.2, 0.25) is 0 Å². The summed E-state index contributed by atoms with van der Waals surface area (Å²) in [6, 6.07) is 0.576. The Balaban J connectivity index is 2.25. The summed E-state index contributed by atoms with van der Waals surface area (Å²) in [6.45, 7) is 3.10. The zero-order chi connectivity index (χ0) is 9.84. The third-order valence-corrected chi connectivity index (χ3v) is 2.71. The Labute approximate surface area is 80.3 Å². The smallest absolute Gasteiger partial charge is 0.0595 e. The van der Waals surface area contributed by atoms with Crippen molar-refractivity contribution in [1.82, 2.24) is 9.80 Å². The molecule has 1 rings (SSSR count). The summed E-state index contributed by atoms with van der Waals surface area (Å²) >= 11 is 0. The van der Waals surface area contributed by atoms with Gasteiger partial charge < -0.3 is 20.6 Å². The van der Waals surface area contributed by atoms with Crippen molar-refractivity contribution in [3.63, 3.8) is 0 Å². The zero-order valence-corrected chi connectivity index (χ0v) is 8.61. The van der Waals surface area contributed by atoms with Gasteiger partial charge in [-0.15, -0.1) is 0 Å². The number of aliphatic hydroxyl groups excluding tert-OH is 1. The van der Waals surface area contributed by atoms with Crippen LogP contribution in [0.1, 0.15) is 6.42 Å². The quantitative estimate of drug-likeness (QED) is 0.589. The van der Waals surface area contributed by atoms with Crippen molar-refractivity contribution in [3.05, 3.63) is 0 Å². The molecule has 13 heavy (non-hydrogen) atoms. The Morgan fingerprint density at radius 3 is 2.77 bits per heavy atom. The van der Waals surface area contributed by atoms with E-state index in [9.17, 15) is 0 Å². The Hall–Kier alpha value is -0.160. The van der Waals surface area contributed by atoms with Crippen molar-refractivity contribution in [2.45, 2.75) is 18.5 Å². The molecule has 0 amide bonds. The Morgan fingerprint density at radius 1 is 1.62 bits per heavy atom. The second kappa shape index (κ2) is 4.91. The van der Waals surface area contributed by atoms with Gasteiger partial charge in [0, 0.05) is 25.2 Å². The first-order valence-electron chi connectivity index (χ1n) is 4.88. The first kappa shape index (κ1) is 10.9. The van der Waals surface area contributed by atoms with Crippen LogP contribution in [0.4, 0.5) is 0 Å². The van der Waals surface area contributed by atoms with Crippen molar-refractivity contribution < 1.29 is 5.11 Å². The van der Waals surface area contributed by atoms with Crippen molar-refractivity contribution in [2.24, 2.45) is 5.73 Å². The summed E-state index contributed by atoms with van der Waals surface area (Å²) < 4.78 is 0. The average molecular weight is 187 g/mol. The minimum absolute atomic E-state index is 0.0825. The van der Waals surface area contributed by atoms with Crippen LogP contribution in [0.5, 0.6) is 0 Å². The van der Waals surface area contributed by atoms with E-state index in [2.05, 4.69) is 23.9 Å². The number of hydrogen-bond donors (Lipinski definition) is 2. The molecule has 1 aliphatic rings. The molecule has 2 unspecified atom stereocenters. The minimum atomic E-state index is -0.0825. The van der Waals surface area contributed by atoms with Crippen LogP contribution >= 0.6 is 0 Å². The standard InChI is InChI=1S/C9H21N3O/c1-11(2)9-3-4-12(6-9)5-8(10)7-13/h8-9,13H,3-7,10H2,1-2H3. The maximum absolute atomic E-state index is 8.81. The van der Waals surface area contributed by atoms with Gasteiger partial charge in [0.1, 0.15) is 0 Å². The van der Waals surface area contributed by atoms with Gasteiger partial charge in [-0.25, -0.2) is 0 Å². The molecule has 0 spiro atoms. The highest BCUT2D eigenvalue weighted by molar-refractivity contribution is 4.82. The molecule has 3 N–H and O–H groups in total. The van der Waals surface area contributed by atoms with Crippen LogP contribution < -0.4 is 5.73 Å². The van der Waals surface area contributed by atoms with E-state index in [-0.39, 0.29) is 12.6 Å². The Bertz CT molecular complexity index is 152. The molecule has 0 radical (unpaired) electrons. The first-order chi connectivity index (χ1) is 6.13. The van der Waals surface area contributed by atoms with Crippen LogP contribution in [0.25, 0.3) is 0 Å². The molecular formula is C9H21N3O. The predicted octanol–water partition coefficient (Wildman–Crippen LogP) is -1.06. The lowest BCUT2D eigenvalue weighted by Crippen LogP contribution is -2.40. The number of nitrogens with two attached hydrogens (primary N) is 1. The van der Waals surface area contributed by atoms with Gasteiger partial charge in [-0.3, -0.25) is 0 Å². The summed E-state index contributed by atoms with van der Waals surface area (Å²) in [5, 5.41) is 8.81. The van der Waals surface area contributed by atoms with Gasteiger partial charge >= 0.3 is 0 Å². The summed E-state index contributed by atoms with van der Waals surface area (Å²) in [4.78, 5) is 4.58. The molecule has 78 valence electrons. The lowest BCUT2D eigenvalue weighted by molar-refractivity contribution is 0.211. The van der Waals surface area contributed by atoms with Gasteiger partial charge in [-0.05, 0) is 27.1 Å². The molecule has 1 fully saturated rings. The third kappa shape index (κ3) is 3.23. The fourth-order valence-electron chi connectivity index (χ4n) is 1.79. The number of aliphatic hydroxyl groups is 1. The molecule has 4 heteroatoms. The molecule has 0 aromatic carbocycles. The molecule has 2 atom stereocenters. The molecule has 4 nitrogen and oxygen atoms in total. The zero-order valence-electron chi connectivity index (χ0n) is 8.61. The maximum Gasteiger partial charge on any atom is 0.0595 e. The van der Waals surface area contributed by atoms with E-state index < -0.39 is 0 Å². The van der Waals surface area contributed by atoms with Crippen LogP contribution in [0.3, 0.4) is 0 Å². The summed E-state index contributed by atoms with van der Waals surface area (Å²) in [6.07, 6.45) is 1.21. The monoisotopic (exact) mass is 187 g/mol. The lowest BCUT2D eigenvalue weighted by atomic mass is 10.2. The van der Waals surface area contributed by atoms with E-state index in [0.29, 0.717) is 6.04 Å². The molecule has 1 heterocycles. The van der Waals surface area contributed by atoms with E-state index >= 15 is 0 Å². The molecule has 0 aliphatic carbocycles. The summed E-state index contributed by atoms with van der Waals surface area (Å²) in [7, 11) is 4.22. The minimum Gasteiger partial charge on any atom is -0.395 e. The van der Waals surface area contributed by atoms with Crippen LogP contribution in [0, 0.1) is 0 Å². The summed E-state index contributed by atoms with van der Waals surface area (Å²) in [5.74, 6) is 0. The molecule has 0 saturated carbocycles. The van der Waals surface area contributed by atoms with Crippen molar-refractivity contribution in [3.8, 4) is 0 Å². The van der Waals surface area contributed by atoms with E-state index in [4.69, 9.17) is 10.8 Å². The summed E-state index contributed by atoms with van der Waals surface area (Å²) in [5.41, 5.74) is 5.67. The lowest BCUT2D eigenvalue weighted by Gasteiger charge is -2.21. The molecule has 1 saturated heterocycles. The number of likely N-dealkylation sites (N-methyl/N-ethyl adjacent to an activating group) is 1. The second-order valence-corrected chi connectivity index (χ2v) is 4.11. The van der Waals surface area contributed by atoms with E-state index in [0.717, 1.165) is 19.6 Å². The topological polar surface area (TPSA) is 52.7 Å².